The predicted molar refractivity (Wildman–Crippen MR) is 87.3 cm³/mol. The lowest BCUT2D eigenvalue weighted by Gasteiger charge is -2.26. The van der Waals surface area contributed by atoms with Crippen molar-refractivity contribution in [2.75, 3.05) is 6.61 Å². The topological polar surface area (TPSA) is 84.8 Å². The Hall–Kier alpha value is -1.89. The fraction of sp³-hybridized carbons (Fsp3) is 0.500. The molecule has 1 aliphatic rings. The standard InChI is InChI=1S/C16H22N2O4S/c1-3-22-16(19)13-9-10-15(12(2)11-13)17-18-23(20,21)14-7-5-4-6-8-14/h4-8,12-13,18H,3,9-11H2,1-2H3. The molecule has 0 bridgehead atoms. The molecule has 1 fully saturated rings. The average Bonchev–Trinajstić information content (AvgIpc) is 2.54. The number of esters is 1. The number of hydrogen-bond acceptors (Lipinski definition) is 5. The van der Waals surface area contributed by atoms with Crippen LogP contribution in [0.4, 0.5) is 0 Å². The van der Waals surface area contributed by atoms with Crippen LogP contribution in [0.15, 0.2) is 40.3 Å². The molecule has 23 heavy (non-hydrogen) atoms. The molecule has 2 unspecified atom stereocenters. The van der Waals surface area contributed by atoms with Gasteiger partial charge in [-0.05, 0) is 44.2 Å². The molecule has 6 nitrogen and oxygen atoms in total. The molecule has 1 saturated carbocycles. The maximum atomic E-state index is 12.1. The number of sulfonamides is 1. The molecular weight excluding hydrogens is 316 g/mol. The first kappa shape index (κ1) is 17.5. The maximum Gasteiger partial charge on any atom is 0.308 e. The van der Waals surface area contributed by atoms with E-state index in [-0.39, 0.29) is 22.7 Å². The van der Waals surface area contributed by atoms with Gasteiger partial charge in [0.25, 0.3) is 10.0 Å². The lowest BCUT2D eigenvalue weighted by Crippen LogP contribution is -2.31. The van der Waals surface area contributed by atoms with Crippen LogP contribution in [0.2, 0.25) is 0 Å². The van der Waals surface area contributed by atoms with Crippen LogP contribution in [0.5, 0.6) is 0 Å². The molecule has 0 heterocycles. The van der Waals surface area contributed by atoms with E-state index >= 15 is 0 Å². The van der Waals surface area contributed by atoms with Crippen LogP contribution >= 0.6 is 0 Å². The van der Waals surface area contributed by atoms with Gasteiger partial charge in [-0.25, -0.2) is 4.83 Å². The van der Waals surface area contributed by atoms with Crippen LogP contribution in [-0.2, 0) is 19.6 Å². The van der Waals surface area contributed by atoms with Crippen LogP contribution in [0.3, 0.4) is 0 Å². The summed E-state index contributed by atoms with van der Waals surface area (Å²) in [6.45, 7) is 4.11. The zero-order chi connectivity index (χ0) is 16.9. The Balaban J connectivity index is 2.01. The lowest BCUT2D eigenvalue weighted by molar-refractivity contribution is -0.148. The Bertz CT molecular complexity index is 671. The minimum atomic E-state index is -3.65. The molecule has 1 aromatic carbocycles. The van der Waals surface area contributed by atoms with Crippen LogP contribution in [0.1, 0.15) is 33.1 Å². The molecule has 2 rings (SSSR count). The normalized spacial score (nSPS) is 23.5. The number of carbonyl (C=O) groups is 1. The number of rotatable bonds is 5. The molecule has 0 aromatic heterocycles. The van der Waals surface area contributed by atoms with Gasteiger partial charge >= 0.3 is 5.97 Å². The van der Waals surface area contributed by atoms with Crippen molar-refractivity contribution in [2.24, 2.45) is 16.9 Å². The number of nitrogens with one attached hydrogen (secondary N) is 1. The summed E-state index contributed by atoms with van der Waals surface area (Å²) >= 11 is 0. The van der Waals surface area contributed by atoms with Gasteiger partial charge in [0.1, 0.15) is 0 Å². The van der Waals surface area contributed by atoms with E-state index in [2.05, 4.69) is 9.93 Å². The largest absolute Gasteiger partial charge is 0.466 e. The highest BCUT2D eigenvalue weighted by atomic mass is 32.2. The van der Waals surface area contributed by atoms with Crippen LogP contribution in [-0.4, -0.2) is 26.7 Å². The summed E-state index contributed by atoms with van der Waals surface area (Å²) in [5.74, 6) is -0.269. The fourth-order valence-corrected chi connectivity index (χ4v) is 3.52. The van der Waals surface area contributed by atoms with E-state index in [0.717, 1.165) is 5.71 Å². The summed E-state index contributed by atoms with van der Waals surface area (Å²) in [7, 11) is -3.65. The summed E-state index contributed by atoms with van der Waals surface area (Å²) in [4.78, 5) is 14.2. The third kappa shape index (κ3) is 4.54. The van der Waals surface area contributed by atoms with Crippen LogP contribution < -0.4 is 4.83 Å². The van der Waals surface area contributed by atoms with E-state index in [9.17, 15) is 13.2 Å². The van der Waals surface area contributed by atoms with Crippen LogP contribution in [0.25, 0.3) is 0 Å². The van der Waals surface area contributed by atoms with Crippen molar-refractivity contribution in [3.05, 3.63) is 30.3 Å². The molecule has 1 N–H and O–H groups in total. The smallest absolute Gasteiger partial charge is 0.308 e. The van der Waals surface area contributed by atoms with Crippen molar-refractivity contribution >= 4 is 21.7 Å². The Morgan fingerprint density at radius 3 is 2.65 bits per heavy atom. The molecule has 0 aliphatic heterocycles. The van der Waals surface area contributed by atoms with Crippen molar-refractivity contribution in [3.8, 4) is 0 Å². The molecule has 0 spiro atoms. The first-order valence-corrected chi connectivity index (χ1v) is 9.22. The molecule has 0 radical (unpaired) electrons. The second-order valence-electron chi connectivity index (χ2n) is 5.64. The monoisotopic (exact) mass is 338 g/mol. The summed E-state index contributed by atoms with van der Waals surface area (Å²) in [6.07, 6.45) is 1.85. The van der Waals surface area contributed by atoms with Crippen molar-refractivity contribution in [1.29, 1.82) is 0 Å². The third-order valence-electron chi connectivity index (χ3n) is 3.94. The number of hydrazone groups is 1. The highest BCUT2D eigenvalue weighted by Gasteiger charge is 2.30. The fourth-order valence-electron chi connectivity index (χ4n) is 2.66. The van der Waals surface area contributed by atoms with Gasteiger partial charge in [0.2, 0.25) is 0 Å². The number of benzene rings is 1. The zero-order valence-corrected chi connectivity index (χ0v) is 14.2. The van der Waals surface area contributed by atoms with E-state index in [0.29, 0.717) is 25.9 Å². The van der Waals surface area contributed by atoms with Gasteiger partial charge in [0, 0.05) is 5.71 Å². The Morgan fingerprint density at radius 1 is 1.35 bits per heavy atom. The highest BCUT2D eigenvalue weighted by molar-refractivity contribution is 7.89. The Kier molecular flexibility index (Phi) is 5.76. The first-order chi connectivity index (χ1) is 10.9. The van der Waals surface area contributed by atoms with Crippen molar-refractivity contribution in [3.63, 3.8) is 0 Å². The third-order valence-corrected chi connectivity index (χ3v) is 5.16. The Morgan fingerprint density at radius 2 is 2.04 bits per heavy atom. The van der Waals surface area contributed by atoms with Crippen molar-refractivity contribution in [2.45, 2.75) is 38.0 Å². The van der Waals surface area contributed by atoms with Gasteiger partial charge in [-0.3, -0.25) is 4.79 Å². The van der Waals surface area contributed by atoms with E-state index in [1.807, 2.05) is 6.92 Å². The number of carbonyl (C=O) groups excluding carboxylic acids is 1. The van der Waals surface area contributed by atoms with Gasteiger partial charge in [-0.15, -0.1) is 0 Å². The van der Waals surface area contributed by atoms with Crippen LogP contribution in [0, 0.1) is 11.8 Å². The summed E-state index contributed by atoms with van der Waals surface area (Å²) in [5.41, 5.74) is 0.769. The van der Waals surface area contributed by atoms with E-state index in [4.69, 9.17) is 4.74 Å². The van der Waals surface area contributed by atoms with Gasteiger partial charge < -0.3 is 4.74 Å². The highest BCUT2D eigenvalue weighted by Crippen LogP contribution is 2.28. The van der Waals surface area contributed by atoms with Gasteiger partial charge in [0.05, 0.1) is 17.4 Å². The van der Waals surface area contributed by atoms with E-state index in [1.165, 1.54) is 12.1 Å². The first-order valence-electron chi connectivity index (χ1n) is 7.74. The van der Waals surface area contributed by atoms with E-state index < -0.39 is 10.0 Å². The molecule has 2 atom stereocenters. The SMILES string of the molecule is CCOC(=O)C1CCC(=NNS(=O)(=O)c2ccccc2)C(C)C1. The van der Waals surface area contributed by atoms with Crippen molar-refractivity contribution in [1.82, 2.24) is 4.83 Å². The van der Waals surface area contributed by atoms with Gasteiger partial charge in [-0.1, -0.05) is 25.1 Å². The predicted octanol–water partition coefficient (Wildman–Crippen LogP) is 2.32. The quantitative estimate of drug-likeness (QED) is 0.659. The molecule has 1 aromatic rings. The van der Waals surface area contributed by atoms with Crippen molar-refractivity contribution < 1.29 is 17.9 Å². The second kappa shape index (κ2) is 7.59. The summed E-state index contributed by atoms with van der Waals surface area (Å²) in [6, 6.07) is 8.11. The Labute approximate surface area is 137 Å². The maximum absolute atomic E-state index is 12.1. The molecule has 0 amide bonds. The number of ether oxygens (including phenoxy) is 1. The number of nitrogens with zero attached hydrogens (tertiary/aromatic N) is 1. The average molecular weight is 338 g/mol. The minimum Gasteiger partial charge on any atom is -0.466 e. The van der Waals surface area contributed by atoms with Gasteiger partial charge in [-0.2, -0.15) is 13.5 Å². The molecule has 1 aliphatic carbocycles. The lowest BCUT2D eigenvalue weighted by atomic mass is 9.81. The molecule has 7 heteroatoms. The molecular formula is C16H22N2O4S. The minimum absolute atomic E-state index is 0.0385. The molecule has 126 valence electrons. The van der Waals surface area contributed by atoms with Gasteiger partial charge in [0.15, 0.2) is 0 Å². The summed E-state index contributed by atoms with van der Waals surface area (Å²) in [5, 5.41) is 4.08. The molecule has 0 saturated heterocycles. The zero-order valence-electron chi connectivity index (χ0n) is 13.4. The second-order valence-corrected chi connectivity index (χ2v) is 7.30. The van der Waals surface area contributed by atoms with E-state index in [1.54, 1.807) is 25.1 Å². The number of hydrogen-bond donors (Lipinski definition) is 1. The summed E-state index contributed by atoms with van der Waals surface area (Å²) < 4.78 is 29.3.